The van der Waals surface area contributed by atoms with E-state index in [0.29, 0.717) is 11.6 Å². The van der Waals surface area contributed by atoms with Crippen molar-refractivity contribution in [3.05, 3.63) is 47.0 Å². The van der Waals surface area contributed by atoms with Crippen molar-refractivity contribution < 1.29 is 9.59 Å². The number of guanidine groups is 1. The van der Waals surface area contributed by atoms with Crippen LogP contribution in [0, 0.1) is 0 Å². The van der Waals surface area contributed by atoms with Crippen LogP contribution in [0.15, 0.2) is 41.4 Å². The molecule has 9 heteroatoms. The summed E-state index contributed by atoms with van der Waals surface area (Å²) in [6.07, 6.45) is -0.533. The first kappa shape index (κ1) is 20.7. The third-order valence-electron chi connectivity index (χ3n) is 5.73. The average Bonchev–Trinajstić information content (AvgIpc) is 3.06. The van der Waals surface area contributed by atoms with E-state index in [1.807, 2.05) is 36.1 Å². The molecule has 3 aliphatic rings. The number of aliphatic imine (C=N–C) groups is 1. The Labute approximate surface area is 181 Å². The lowest BCUT2D eigenvalue weighted by Gasteiger charge is -2.40. The van der Waals surface area contributed by atoms with Crippen molar-refractivity contribution in [1.29, 1.82) is 0 Å². The van der Waals surface area contributed by atoms with Gasteiger partial charge >= 0.3 is 6.03 Å². The Morgan fingerprint density at radius 3 is 2.67 bits per heavy atom. The molecule has 8 nitrogen and oxygen atoms in total. The van der Waals surface area contributed by atoms with Gasteiger partial charge in [0.2, 0.25) is 0 Å². The second kappa shape index (κ2) is 8.28. The highest BCUT2D eigenvalue weighted by Gasteiger charge is 2.49. The maximum absolute atomic E-state index is 12.8. The van der Waals surface area contributed by atoms with Gasteiger partial charge in [-0.25, -0.2) is 9.79 Å². The maximum atomic E-state index is 12.8. The van der Waals surface area contributed by atoms with Gasteiger partial charge in [0.15, 0.2) is 18.2 Å². The van der Waals surface area contributed by atoms with Crippen molar-refractivity contribution in [2.24, 2.45) is 4.99 Å². The molecule has 0 saturated carbocycles. The molecule has 160 valence electrons. The summed E-state index contributed by atoms with van der Waals surface area (Å²) in [6, 6.07) is 6.63. The molecule has 30 heavy (non-hydrogen) atoms. The number of rotatable bonds is 4. The zero-order chi connectivity index (χ0) is 21.4. The predicted octanol–water partition coefficient (Wildman–Crippen LogP) is 1.58. The van der Waals surface area contributed by atoms with Crippen molar-refractivity contribution in [3.63, 3.8) is 0 Å². The number of hydrogen-bond donors (Lipinski definition) is 1. The molecule has 1 N–H and O–H groups in total. The molecule has 0 radical (unpaired) electrons. The van der Waals surface area contributed by atoms with Crippen LogP contribution in [-0.4, -0.2) is 89.5 Å². The minimum Gasteiger partial charge on any atom is -0.340 e. The molecule has 0 aromatic heterocycles. The summed E-state index contributed by atoms with van der Waals surface area (Å²) >= 11 is 6.18. The number of nitrogens with one attached hydrogen (secondary N) is 1. The molecule has 2 atom stereocenters. The standard InChI is InChI=1S/C21H27ClN6O2/c1-14(2)12-26-7-9-27(10-8-26)20-23-18-17(19(29)24-21(30)25(18)3)28(20)13-15-5-4-6-16(22)11-15/h4-6,11,17-18H,1,7-10,12-13H2,2-3H3,(H,24,29,30). The zero-order valence-electron chi connectivity index (χ0n) is 17.3. The Balaban J connectivity index is 1.59. The van der Waals surface area contributed by atoms with Crippen LogP contribution < -0.4 is 5.32 Å². The minimum atomic E-state index is -0.560. The van der Waals surface area contributed by atoms with Crippen LogP contribution in [0.2, 0.25) is 5.02 Å². The molecule has 3 aliphatic heterocycles. The van der Waals surface area contributed by atoms with Crippen molar-refractivity contribution in [3.8, 4) is 0 Å². The van der Waals surface area contributed by atoms with E-state index in [2.05, 4.69) is 21.7 Å². The Bertz CT molecular complexity index is 895. The highest BCUT2D eigenvalue weighted by Crippen LogP contribution is 2.28. The summed E-state index contributed by atoms with van der Waals surface area (Å²) in [5.74, 6) is 0.446. The third-order valence-corrected chi connectivity index (χ3v) is 5.96. The van der Waals surface area contributed by atoms with Crippen LogP contribution in [0.3, 0.4) is 0 Å². The summed E-state index contributed by atoms with van der Waals surface area (Å²) in [6.45, 7) is 10.8. The van der Waals surface area contributed by atoms with Crippen LogP contribution in [0.25, 0.3) is 0 Å². The third kappa shape index (κ3) is 4.02. The molecule has 3 amide bonds. The van der Waals surface area contributed by atoms with E-state index in [9.17, 15) is 9.59 Å². The first-order chi connectivity index (χ1) is 14.3. The molecule has 1 aromatic carbocycles. The van der Waals surface area contributed by atoms with E-state index in [4.69, 9.17) is 16.6 Å². The van der Waals surface area contributed by atoms with Gasteiger partial charge in [-0.1, -0.05) is 35.9 Å². The lowest BCUT2D eigenvalue weighted by Crippen LogP contribution is -2.64. The summed E-state index contributed by atoms with van der Waals surface area (Å²) in [5.41, 5.74) is 2.14. The fourth-order valence-electron chi connectivity index (χ4n) is 4.26. The zero-order valence-corrected chi connectivity index (χ0v) is 18.1. The number of piperazine rings is 1. The molecule has 2 unspecified atom stereocenters. The Kier molecular flexibility index (Phi) is 5.71. The molecular weight excluding hydrogens is 404 g/mol. The van der Waals surface area contributed by atoms with E-state index in [0.717, 1.165) is 49.8 Å². The Hall–Kier alpha value is -2.58. The van der Waals surface area contributed by atoms with Crippen molar-refractivity contribution in [2.45, 2.75) is 25.7 Å². The van der Waals surface area contributed by atoms with Gasteiger partial charge in [-0.15, -0.1) is 0 Å². The summed E-state index contributed by atoms with van der Waals surface area (Å²) in [5, 5.41) is 3.10. The van der Waals surface area contributed by atoms with Crippen LogP contribution in [-0.2, 0) is 11.3 Å². The molecule has 0 aliphatic carbocycles. The van der Waals surface area contributed by atoms with Crippen molar-refractivity contribution in [2.75, 3.05) is 39.8 Å². The first-order valence-corrected chi connectivity index (χ1v) is 10.5. The van der Waals surface area contributed by atoms with Crippen molar-refractivity contribution in [1.82, 2.24) is 24.9 Å². The quantitative estimate of drug-likeness (QED) is 0.734. The molecule has 2 saturated heterocycles. The summed E-state index contributed by atoms with van der Waals surface area (Å²) in [7, 11) is 1.67. The summed E-state index contributed by atoms with van der Waals surface area (Å²) in [4.78, 5) is 37.8. The summed E-state index contributed by atoms with van der Waals surface area (Å²) < 4.78 is 0. The fraction of sp³-hybridized carbons (Fsp3) is 0.476. The molecule has 4 rings (SSSR count). The van der Waals surface area contributed by atoms with Crippen LogP contribution in [0.4, 0.5) is 4.79 Å². The smallest absolute Gasteiger partial charge is 0.325 e. The number of nitrogens with zero attached hydrogens (tertiary/aromatic N) is 5. The molecule has 0 bridgehead atoms. The SMILES string of the molecule is C=C(C)CN1CCN(C2=NC3C(C(=O)NC(=O)N3C)N2Cc2cccc(Cl)c2)CC1. The van der Waals surface area contributed by atoms with Gasteiger partial charge in [0.05, 0.1) is 0 Å². The van der Waals surface area contributed by atoms with Crippen LogP contribution >= 0.6 is 11.6 Å². The average molecular weight is 431 g/mol. The van der Waals surface area contributed by atoms with E-state index in [1.165, 1.54) is 4.90 Å². The lowest BCUT2D eigenvalue weighted by atomic mass is 10.1. The number of benzene rings is 1. The highest BCUT2D eigenvalue weighted by atomic mass is 35.5. The molecule has 1 aromatic rings. The number of halogens is 1. The second-order valence-electron chi connectivity index (χ2n) is 8.17. The van der Waals surface area contributed by atoms with Gasteiger partial charge in [0.1, 0.15) is 0 Å². The number of carbonyl (C=O) groups excluding carboxylic acids is 2. The van der Waals surface area contributed by atoms with Gasteiger partial charge in [0, 0.05) is 51.3 Å². The fourth-order valence-corrected chi connectivity index (χ4v) is 4.48. The largest absolute Gasteiger partial charge is 0.340 e. The minimum absolute atomic E-state index is 0.315. The normalized spacial score (nSPS) is 24.6. The predicted molar refractivity (Wildman–Crippen MR) is 116 cm³/mol. The van der Waals surface area contributed by atoms with E-state index >= 15 is 0 Å². The van der Waals surface area contributed by atoms with Gasteiger partial charge in [0.25, 0.3) is 5.91 Å². The molecule has 2 fully saturated rings. The van der Waals surface area contributed by atoms with E-state index < -0.39 is 18.2 Å². The lowest BCUT2D eigenvalue weighted by molar-refractivity contribution is -0.127. The number of carbonyl (C=O) groups is 2. The van der Waals surface area contributed by atoms with E-state index in [-0.39, 0.29) is 5.91 Å². The number of likely N-dealkylation sites (N-methyl/N-ethyl adjacent to an activating group) is 1. The van der Waals surface area contributed by atoms with Gasteiger partial charge in [-0.2, -0.15) is 0 Å². The maximum Gasteiger partial charge on any atom is 0.325 e. The Morgan fingerprint density at radius 1 is 1.27 bits per heavy atom. The number of hydrogen-bond acceptors (Lipinski definition) is 6. The highest BCUT2D eigenvalue weighted by molar-refractivity contribution is 6.30. The number of imide groups is 1. The topological polar surface area (TPSA) is 71.5 Å². The van der Waals surface area contributed by atoms with Crippen LogP contribution in [0.1, 0.15) is 12.5 Å². The first-order valence-electron chi connectivity index (χ1n) is 10.1. The molecular formula is C21H27ClN6O2. The Morgan fingerprint density at radius 2 is 2.00 bits per heavy atom. The molecule has 0 spiro atoms. The van der Waals surface area contributed by atoms with Gasteiger partial charge in [-0.05, 0) is 24.6 Å². The van der Waals surface area contributed by atoms with Crippen molar-refractivity contribution >= 4 is 29.5 Å². The van der Waals surface area contributed by atoms with Gasteiger partial charge < -0.3 is 14.7 Å². The molecule has 3 heterocycles. The van der Waals surface area contributed by atoms with Crippen LogP contribution in [0.5, 0.6) is 0 Å². The number of urea groups is 1. The number of fused-ring (bicyclic) bond motifs is 1. The number of amides is 3. The monoisotopic (exact) mass is 430 g/mol. The van der Waals surface area contributed by atoms with E-state index in [1.54, 1.807) is 7.05 Å². The van der Waals surface area contributed by atoms with Gasteiger partial charge in [-0.3, -0.25) is 15.0 Å². The second-order valence-corrected chi connectivity index (χ2v) is 8.61.